The number of H-pyrrole nitrogens is 1. The van der Waals surface area contributed by atoms with Gasteiger partial charge in [0.2, 0.25) is 0 Å². The standard InChI is InChI=1S/C26H20N4O/c1-30(2)19-11-7-17(8-12-19)10-14-24-21-13-9-18(16-25(21)29-28-24)15-22-20-5-3-4-6-23(20)27-26(22)31/h3-9,11-13,15-16,27,31H,1-2H3/b18-15+. The van der Waals surface area contributed by atoms with Crippen LogP contribution in [-0.2, 0) is 0 Å². The molecule has 5 nitrogen and oxygen atoms in total. The Morgan fingerprint density at radius 2 is 1.74 bits per heavy atom. The van der Waals surface area contributed by atoms with Crippen molar-refractivity contribution in [3.8, 4) is 17.7 Å². The van der Waals surface area contributed by atoms with E-state index >= 15 is 0 Å². The number of hydrogen-bond donors (Lipinski definition) is 2. The summed E-state index contributed by atoms with van der Waals surface area (Å²) < 4.78 is 0. The maximum Gasteiger partial charge on any atom is 0.196 e. The van der Waals surface area contributed by atoms with E-state index < -0.39 is 0 Å². The first-order chi connectivity index (χ1) is 15.1. The van der Waals surface area contributed by atoms with Gasteiger partial charge in [-0.1, -0.05) is 30.2 Å². The minimum atomic E-state index is 0.154. The molecule has 3 aromatic carbocycles. The first kappa shape index (κ1) is 18.7. The van der Waals surface area contributed by atoms with Gasteiger partial charge in [-0.05, 0) is 59.7 Å². The maximum atomic E-state index is 10.3. The summed E-state index contributed by atoms with van der Waals surface area (Å²) in [5, 5.41) is 21.7. The van der Waals surface area contributed by atoms with Crippen LogP contribution >= 0.6 is 0 Å². The van der Waals surface area contributed by atoms with Gasteiger partial charge in [0.15, 0.2) is 5.88 Å². The Kier molecular flexibility index (Phi) is 4.53. The highest BCUT2D eigenvalue weighted by atomic mass is 16.3. The summed E-state index contributed by atoms with van der Waals surface area (Å²) in [5.41, 5.74) is 5.16. The third kappa shape index (κ3) is 3.56. The second-order valence-corrected chi connectivity index (χ2v) is 7.59. The molecule has 0 radical (unpaired) electrons. The third-order valence-corrected chi connectivity index (χ3v) is 5.28. The zero-order valence-corrected chi connectivity index (χ0v) is 17.2. The number of rotatable bonds is 2. The first-order valence-electron chi connectivity index (χ1n) is 9.95. The van der Waals surface area contributed by atoms with E-state index in [0.717, 1.165) is 43.8 Å². The molecule has 4 aromatic rings. The van der Waals surface area contributed by atoms with Gasteiger partial charge >= 0.3 is 0 Å². The van der Waals surface area contributed by atoms with E-state index in [1.807, 2.05) is 86.9 Å². The van der Waals surface area contributed by atoms with Crippen molar-refractivity contribution in [3.05, 3.63) is 88.3 Å². The van der Waals surface area contributed by atoms with E-state index in [0.29, 0.717) is 5.70 Å². The van der Waals surface area contributed by atoms with Crippen molar-refractivity contribution >= 4 is 34.1 Å². The van der Waals surface area contributed by atoms with Crippen LogP contribution in [0.4, 0.5) is 11.4 Å². The third-order valence-electron chi connectivity index (χ3n) is 5.28. The van der Waals surface area contributed by atoms with Crippen LogP contribution < -0.4 is 15.3 Å². The monoisotopic (exact) mass is 404 g/mol. The highest BCUT2D eigenvalue weighted by Gasteiger charge is 2.09. The van der Waals surface area contributed by atoms with Crippen molar-refractivity contribution in [2.75, 3.05) is 19.0 Å². The van der Waals surface area contributed by atoms with Crippen LogP contribution in [0.1, 0.15) is 11.1 Å². The van der Waals surface area contributed by atoms with E-state index in [1.54, 1.807) is 0 Å². The average Bonchev–Trinajstić information content (AvgIpc) is 3.33. The molecule has 5 heteroatoms. The lowest BCUT2D eigenvalue weighted by Gasteiger charge is -2.11. The first-order valence-corrected chi connectivity index (χ1v) is 9.95. The normalized spacial score (nSPS) is 12.7. The smallest absolute Gasteiger partial charge is 0.196 e. The molecule has 0 atom stereocenters. The van der Waals surface area contributed by atoms with Crippen LogP contribution in [-0.4, -0.2) is 24.2 Å². The number of nitrogens with one attached hydrogen (secondary N) is 1. The number of benzene rings is 3. The average molecular weight is 404 g/mol. The molecule has 1 aliphatic heterocycles. The van der Waals surface area contributed by atoms with Crippen LogP contribution in [0.25, 0.3) is 22.7 Å². The Labute approximate surface area is 179 Å². The Bertz CT molecular complexity index is 1510. The van der Waals surface area contributed by atoms with Gasteiger partial charge < -0.3 is 15.0 Å². The second kappa shape index (κ2) is 7.51. The topological polar surface area (TPSA) is 64.0 Å². The molecule has 5 rings (SSSR count). The highest BCUT2D eigenvalue weighted by molar-refractivity contribution is 5.91. The number of aromatic amines is 1. The lowest BCUT2D eigenvalue weighted by Crippen LogP contribution is -2.08. The van der Waals surface area contributed by atoms with E-state index in [1.165, 1.54) is 0 Å². The molecule has 0 amide bonds. The fourth-order valence-electron chi connectivity index (χ4n) is 3.61. The van der Waals surface area contributed by atoms with Gasteiger partial charge in [0.1, 0.15) is 5.70 Å². The van der Waals surface area contributed by atoms with Gasteiger partial charge in [-0.2, -0.15) is 0 Å². The van der Waals surface area contributed by atoms with Gasteiger partial charge in [0, 0.05) is 47.0 Å². The molecule has 2 N–H and O–H groups in total. The van der Waals surface area contributed by atoms with Gasteiger partial charge in [0.05, 0.1) is 5.69 Å². The number of aromatic hydroxyl groups is 1. The molecule has 0 saturated heterocycles. The molecule has 0 spiro atoms. The summed E-state index contributed by atoms with van der Waals surface area (Å²) in [6, 6.07) is 21.8. The van der Waals surface area contributed by atoms with E-state index in [2.05, 4.69) is 32.0 Å². The lowest BCUT2D eigenvalue weighted by atomic mass is 10.1. The van der Waals surface area contributed by atoms with Gasteiger partial charge in [-0.25, -0.2) is 0 Å². The van der Waals surface area contributed by atoms with Gasteiger partial charge in [0.25, 0.3) is 0 Å². The van der Waals surface area contributed by atoms with Crippen LogP contribution in [0.15, 0.2) is 77.0 Å². The van der Waals surface area contributed by atoms with Crippen molar-refractivity contribution in [1.29, 1.82) is 0 Å². The quantitative estimate of drug-likeness (QED) is 0.496. The molecule has 1 aromatic heterocycles. The predicted molar refractivity (Wildman–Crippen MR) is 125 cm³/mol. The van der Waals surface area contributed by atoms with Crippen molar-refractivity contribution in [2.24, 2.45) is 10.2 Å². The zero-order valence-electron chi connectivity index (χ0n) is 17.2. The number of fused-ring (bicyclic) bond motifs is 2. The number of nitrogens with zero attached hydrogens (tertiary/aromatic N) is 3. The summed E-state index contributed by atoms with van der Waals surface area (Å²) in [7, 11) is 4.02. The minimum Gasteiger partial charge on any atom is -0.494 e. The fourth-order valence-corrected chi connectivity index (χ4v) is 3.61. The number of hydrogen-bond acceptors (Lipinski definition) is 4. The Morgan fingerprint density at radius 3 is 2.55 bits per heavy atom. The molecule has 0 bridgehead atoms. The largest absolute Gasteiger partial charge is 0.494 e. The molecule has 0 unspecified atom stereocenters. The Balaban J connectivity index is 1.51. The Hall–Kier alpha value is -4.30. The molecule has 0 fully saturated rings. The van der Waals surface area contributed by atoms with Crippen LogP contribution in [0.3, 0.4) is 0 Å². The molecule has 31 heavy (non-hydrogen) atoms. The molecular formula is C26H20N4O. The van der Waals surface area contributed by atoms with Crippen molar-refractivity contribution in [2.45, 2.75) is 0 Å². The fraction of sp³-hybridized carbons (Fsp3) is 0.0769. The van der Waals surface area contributed by atoms with Crippen LogP contribution in [0.5, 0.6) is 5.88 Å². The highest BCUT2D eigenvalue weighted by Crippen LogP contribution is 2.27. The molecule has 150 valence electrons. The van der Waals surface area contributed by atoms with Crippen molar-refractivity contribution in [1.82, 2.24) is 4.98 Å². The van der Waals surface area contributed by atoms with Crippen LogP contribution in [0.2, 0.25) is 0 Å². The number of para-hydroxylation sites is 1. The summed E-state index contributed by atoms with van der Waals surface area (Å²) in [4.78, 5) is 5.06. The molecule has 1 aliphatic rings. The lowest BCUT2D eigenvalue weighted by molar-refractivity contribution is 0.457. The van der Waals surface area contributed by atoms with E-state index in [9.17, 15) is 5.11 Å². The SMILES string of the molecule is CN(C)c1ccc(C#CC2=c3cc/c(=C\c4c(O)[nH]c5ccccc45)cc3N=N2)cc1. The van der Waals surface area contributed by atoms with Gasteiger partial charge in [-0.15, -0.1) is 10.2 Å². The summed E-state index contributed by atoms with van der Waals surface area (Å²) in [5.74, 6) is 6.46. The summed E-state index contributed by atoms with van der Waals surface area (Å²) in [6.07, 6.45) is 1.94. The maximum absolute atomic E-state index is 10.3. The number of anilines is 1. The predicted octanol–water partition coefficient (Wildman–Crippen LogP) is 4.03. The minimum absolute atomic E-state index is 0.154. The van der Waals surface area contributed by atoms with E-state index in [-0.39, 0.29) is 5.88 Å². The van der Waals surface area contributed by atoms with Gasteiger partial charge in [-0.3, -0.25) is 0 Å². The number of azo groups is 1. The molecule has 0 saturated carbocycles. The number of aromatic nitrogens is 1. The molecule has 2 heterocycles. The van der Waals surface area contributed by atoms with Crippen molar-refractivity contribution in [3.63, 3.8) is 0 Å². The zero-order chi connectivity index (χ0) is 21.4. The summed E-state index contributed by atoms with van der Waals surface area (Å²) in [6.45, 7) is 0. The molecular weight excluding hydrogens is 384 g/mol. The van der Waals surface area contributed by atoms with Crippen molar-refractivity contribution < 1.29 is 5.11 Å². The van der Waals surface area contributed by atoms with E-state index in [4.69, 9.17) is 0 Å². The Morgan fingerprint density at radius 1 is 0.935 bits per heavy atom. The van der Waals surface area contributed by atoms with Crippen LogP contribution in [0, 0.1) is 11.8 Å². The molecule has 0 aliphatic carbocycles. The second-order valence-electron chi connectivity index (χ2n) is 7.59. The summed E-state index contributed by atoms with van der Waals surface area (Å²) >= 11 is 0.